The number of hydrogen-bond donors (Lipinski definition) is 0. The third-order valence-corrected chi connectivity index (χ3v) is 3.64. The summed E-state index contributed by atoms with van der Waals surface area (Å²) in [6.07, 6.45) is 3.08. The Hall–Kier alpha value is -2.14. The fourth-order valence-electron chi connectivity index (χ4n) is 1.93. The lowest BCUT2D eigenvalue weighted by atomic mass is 10.1. The van der Waals surface area contributed by atoms with Crippen molar-refractivity contribution in [2.45, 2.75) is 0 Å². The SMILES string of the molecule is O=C(/C=C/c1ccc(F)c(Br)c1)c1ccc2c(c1)OCO2. The van der Waals surface area contributed by atoms with Gasteiger partial charge in [0.15, 0.2) is 17.3 Å². The predicted molar refractivity (Wildman–Crippen MR) is 80.0 cm³/mol. The first kappa shape index (κ1) is 13.8. The average molecular weight is 349 g/mol. The fraction of sp³-hybridized carbons (Fsp3) is 0.0625. The number of benzene rings is 2. The van der Waals surface area contributed by atoms with Gasteiger partial charge in [-0.05, 0) is 57.9 Å². The third-order valence-electron chi connectivity index (χ3n) is 3.03. The third kappa shape index (κ3) is 2.97. The molecule has 21 heavy (non-hydrogen) atoms. The van der Waals surface area contributed by atoms with Crippen molar-refractivity contribution in [3.05, 3.63) is 63.9 Å². The van der Waals surface area contributed by atoms with Crippen molar-refractivity contribution in [3.8, 4) is 11.5 Å². The molecule has 0 aliphatic carbocycles. The summed E-state index contributed by atoms with van der Waals surface area (Å²) in [6.45, 7) is 0.173. The van der Waals surface area contributed by atoms with E-state index in [0.717, 1.165) is 5.56 Å². The maximum Gasteiger partial charge on any atom is 0.231 e. The monoisotopic (exact) mass is 348 g/mol. The molecule has 0 fully saturated rings. The Balaban J connectivity index is 1.79. The molecule has 0 aromatic heterocycles. The van der Waals surface area contributed by atoms with E-state index >= 15 is 0 Å². The van der Waals surface area contributed by atoms with Crippen LogP contribution in [0, 0.1) is 5.82 Å². The van der Waals surface area contributed by atoms with E-state index in [2.05, 4.69) is 15.9 Å². The second-order valence-corrected chi connectivity index (χ2v) is 5.29. The normalized spacial score (nSPS) is 12.9. The minimum atomic E-state index is -0.339. The molecular weight excluding hydrogens is 339 g/mol. The van der Waals surface area contributed by atoms with Crippen LogP contribution in [0.4, 0.5) is 4.39 Å². The first-order valence-electron chi connectivity index (χ1n) is 6.20. The number of ether oxygens (including phenoxy) is 2. The Morgan fingerprint density at radius 2 is 1.95 bits per heavy atom. The van der Waals surface area contributed by atoms with Crippen LogP contribution in [-0.4, -0.2) is 12.6 Å². The number of rotatable bonds is 3. The molecule has 0 N–H and O–H groups in total. The summed E-state index contributed by atoms with van der Waals surface area (Å²) in [7, 11) is 0. The Morgan fingerprint density at radius 1 is 1.14 bits per heavy atom. The second kappa shape index (κ2) is 5.69. The lowest BCUT2D eigenvalue weighted by molar-refractivity contribution is 0.104. The van der Waals surface area contributed by atoms with E-state index in [-0.39, 0.29) is 18.4 Å². The summed E-state index contributed by atoms with van der Waals surface area (Å²) in [5.74, 6) is 0.708. The van der Waals surface area contributed by atoms with Crippen molar-refractivity contribution in [1.29, 1.82) is 0 Å². The van der Waals surface area contributed by atoms with E-state index < -0.39 is 0 Å². The van der Waals surface area contributed by atoms with Crippen LogP contribution in [0.15, 0.2) is 46.9 Å². The van der Waals surface area contributed by atoms with Crippen molar-refractivity contribution in [3.63, 3.8) is 0 Å². The van der Waals surface area contributed by atoms with Gasteiger partial charge in [-0.2, -0.15) is 0 Å². The van der Waals surface area contributed by atoms with Gasteiger partial charge in [-0.25, -0.2) is 4.39 Å². The number of hydrogen-bond acceptors (Lipinski definition) is 3. The van der Waals surface area contributed by atoms with Crippen molar-refractivity contribution >= 4 is 27.8 Å². The molecule has 0 saturated heterocycles. The molecule has 1 aliphatic rings. The average Bonchev–Trinajstić information content (AvgIpc) is 2.95. The lowest BCUT2D eigenvalue weighted by Crippen LogP contribution is -1.94. The van der Waals surface area contributed by atoms with Crippen LogP contribution in [-0.2, 0) is 0 Å². The Morgan fingerprint density at radius 3 is 2.76 bits per heavy atom. The Labute approximate surface area is 129 Å². The highest BCUT2D eigenvalue weighted by atomic mass is 79.9. The summed E-state index contributed by atoms with van der Waals surface area (Å²) in [5, 5.41) is 0. The van der Waals surface area contributed by atoms with Gasteiger partial charge >= 0.3 is 0 Å². The smallest absolute Gasteiger partial charge is 0.231 e. The molecular formula is C16H10BrFO3. The number of fused-ring (bicyclic) bond motifs is 1. The van der Waals surface area contributed by atoms with Crippen LogP contribution < -0.4 is 9.47 Å². The van der Waals surface area contributed by atoms with Crippen LogP contribution in [0.5, 0.6) is 11.5 Å². The summed E-state index contributed by atoms with van der Waals surface area (Å²) in [6, 6.07) is 9.59. The molecule has 0 amide bonds. The van der Waals surface area contributed by atoms with Gasteiger partial charge in [0.25, 0.3) is 0 Å². The highest BCUT2D eigenvalue weighted by molar-refractivity contribution is 9.10. The number of ketones is 1. The van der Waals surface area contributed by atoms with E-state index in [1.165, 1.54) is 12.1 Å². The predicted octanol–water partition coefficient (Wildman–Crippen LogP) is 4.21. The number of halogens is 2. The highest BCUT2D eigenvalue weighted by Crippen LogP contribution is 2.32. The maximum atomic E-state index is 13.1. The van der Waals surface area contributed by atoms with E-state index in [9.17, 15) is 9.18 Å². The minimum Gasteiger partial charge on any atom is -0.454 e. The van der Waals surface area contributed by atoms with E-state index in [1.54, 1.807) is 36.4 Å². The second-order valence-electron chi connectivity index (χ2n) is 4.44. The van der Waals surface area contributed by atoms with Gasteiger partial charge in [-0.1, -0.05) is 12.1 Å². The maximum absolute atomic E-state index is 13.1. The molecule has 2 aromatic rings. The molecule has 3 nitrogen and oxygen atoms in total. The molecule has 1 aliphatic heterocycles. The molecule has 106 valence electrons. The number of allylic oxidation sites excluding steroid dienone is 1. The van der Waals surface area contributed by atoms with Crippen molar-refractivity contribution in [1.82, 2.24) is 0 Å². The summed E-state index contributed by atoms with van der Waals surface area (Å²) < 4.78 is 23.9. The van der Waals surface area contributed by atoms with E-state index in [0.29, 0.717) is 21.5 Å². The molecule has 0 unspecified atom stereocenters. The molecule has 0 bridgehead atoms. The first-order valence-corrected chi connectivity index (χ1v) is 7.00. The summed E-state index contributed by atoms with van der Waals surface area (Å²) >= 11 is 3.11. The quantitative estimate of drug-likeness (QED) is 0.615. The molecule has 5 heteroatoms. The van der Waals surface area contributed by atoms with Crippen LogP contribution in [0.1, 0.15) is 15.9 Å². The molecule has 2 aromatic carbocycles. The molecule has 0 radical (unpaired) electrons. The molecule has 0 atom stereocenters. The Bertz CT molecular complexity index is 740. The minimum absolute atomic E-state index is 0.159. The summed E-state index contributed by atoms with van der Waals surface area (Å²) in [5.41, 5.74) is 1.24. The molecule has 0 saturated carbocycles. The zero-order valence-corrected chi connectivity index (χ0v) is 12.4. The van der Waals surface area contributed by atoms with Gasteiger partial charge in [0.2, 0.25) is 6.79 Å². The Kier molecular flexibility index (Phi) is 3.75. The molecule has 3 rings (SSSR count). The van der Waals surface area contributed by atoms with Crippen LogP contribution >= 0.6 is 15.9 Å². The lowest BCUT2D eigenvalue weighted by Gasteiger charge is -1.99. The van der Waals surface area contributed by atoms with Crippen molar-refractivity contribution in [2.75, 3.05) is 6.79 Å². The zero-order valence-electron chi connectivity index (χ0n) is 10.8. The van der Waals surface area contributed by atoms with Crippen LogP contribution in [0.3, 0.4) is 0 Å². The fourth-order valence-corrected chi connectivity index (χ4v) is 2.33. The highest BCUT2D eigenvalue weighted by Gasteiger charge is 2.15. The largest absolute Gasteiger partial charge is 0.454 e. The summed E-state index contributed by atoms with van der Waals surface area (Å²) in [4.78, 5) is 12.1. The van der Waals surface area contributed by atoms with Gasteiger partial charge < -0.3 is 9.47 Å². The number of carbonyl (C=O) groups is 1. The molecule has 1 heterocycles. The van der Waals surface area contributed by atoms with Gasteiger partial charge in [-0.15, -0.1) is 0 Å². The topological polar surface area (TPSA) is 35.5 Å². The number of carbonyl (C=O) groups excluding carboxylic acids is 1. The van der Waals surface area contributed by atoms with E-state index in [1.807, 2.05) is 0 Å². The first-order chi connectivity index (χ1) is 10.1. The van der Waals surface area contributed by atoms with Gasteiger partial charge in [0.05, 0.1) is 4.47 Å². The van der Waals surface area contributed by atoms with Crippen LogP contribution in [0.25, 0.3) is 6.08 Å². The van der Waals surface area contributed by atoms with E-state index in [4.69, 9.17) is 9.47 Å². The van der Waals surface area contributed by atoms with Crippen LogP contribution in [0.2, 0.25) is 0 Å². The zero-order chi connectivity index (χ0) is 14.8. The molecule has 0 spiro atoms. The van der Waals surface area contributed by atoms with Crippen molar-refractivity contribution in [2.24, 2.45) is 0 Å². The van der Waals surface area contributed by atoms with Gasteiger partial charge in [-0.3, -0.25) is 4.79 Å². The standard InChI is InChI=1S/C16H10BrFO3/c17-12-7-10(1-4-13(12)18)2-5-14(19)11-3-6-15-16(8-11)21-9-20-15/h1-8H,9H2/b5-2+. The van der Waals surface area contributed by atoms with Gasteiger partial charge in [0, 0.05) is 5.56 Å². The van der Waals surface area contributed by atoms with Crippen molar-refractivity contribution < 1.29 is 18.7 Å². The van der Waals surface area contributed by atoms with Gasteiger partial charge in [0.1, 0.15) is 5.82 Å².